The molecule has 1 N–H and O–H groups in total. The van der Waals surface area contributed by atoms with Gasteiger partial charge in [0, 0.05) is 18.5 Å². The molecule has 1 aromatic heterocycles. The van der Waals surface area contributed by atoms with E-state index in [0.717, 1.165) is 25.2 Å². The topological polar surface area (TPSA) is 79.4 Å². The van der Waals surface area contributed by atoms with Crippen LogP contribution in [0.25, 0.3) is 10.9 Å². The van der Waals surface area contributed by atoms with Crippen LogP contribution in [0.15, 0.2) is 58.8 Å². The minimum atomic E-state index is -1.03. The first-order chi connectivity index (χ1) is 15.0. The number of carbonyl (C=O) groups excluding carboxylic acids is 1. The molecule has 0 aliphatic carbocycles. The summed E-state index contributed by atoms with van der Waals surface area (Å²) in [6.45, 7) is 8.82. The lowest BCUT2D eigenvalue weighted by Crippen LogP contribution is -2.26. The van der Waals surface area contributed by atoms with E-state index in [1.165, 1.54) is 25.1 Å². The average molecular weight is 426 g/mol. The Morgan fingerprint density at radius 2 is 1.84 bits per heavy atom. The van der Waals surface area contributed by atoms with Crippen molar-refractivity contribution in [3.8, 4) is 11.6 Å². The number of aromatic hydroxyl groups is 1. The maximum atomic E-state index is 13.7. The molecule has 0 aliphatic rings. The lowest BCUT2D eigenvalue weighted by Gasteiger charge is -2.18. The number of aromatic nitrogens is 1. The van der Waals surface area contributed by atoms with Gasteiger partial charge in [0.1, 0.15) is 0 Å². The summed E-state index contributed by atoms with van der Waals surface area (Å²) in [7, 11) is 0. The second-order valence-electron chi connectivity index (χ2n) is 7.10. The minimum Gasteiger partial charge on any atom is -0.493 e. The molecule has 0 bridgehead atoms. The number of rotatable bonds is 9. The van der Waals surface area contributed by atoms with Gasteiger partial charge in [0.05, 0.1) is 5.52 Å². The lowest BCUT2D eigenvalue weighted by molar-refractivity contribution is -0.124. The molecule has 0 saturated carbocycles. The molecule has 3 rings (SSSR count). The predicted molar refractivity (Wildman–Crippen MR) is 117 cm³/mol. The standard InChI is InChI=1S/C23H27FN4O3/c1-4-27(5-2)14-15-28-19-12-8-6-10-17(19)21(23(28)30)25-26-22(29)16(3)31-20-13-9-7-11-18(20)24/h6-13,16,30H,4-5,14-15H2,1-3H3/t16-/m1/s1. The van der Waals surface area contributed by atoms with Crippen molar-refractivity contribution in [2.24, 2.45) is 10.2 Å². The van der Waals surface area contributed by atoms with Gasteiger partial charge in [-0.15, -0.1) is 10.2 Å². The number of hydrogen-bond acceptors (Lipinski definition) is 5. The van der Waals surface area contributed by atoms with Crippen LogP contribution in [-0.4, -0.2) is 46.2 Å². The highest BCUT2D eigenvalue weighted by molar-refractivity contribution is 5.95. The third-order valence-corrected chi connectivity index (χ3v) is 5.19. The zero-order chi connectivity index (χ0) is 22.4. The molecule has 2 aromatic carbocycles. The van der Waals surface area contributed by atoms with Gasteiger partial charge in [-0.1, -0.05) is 44.2 Å². The van der Waals surface area contributed by atoms with E-state index < -0.39 is 17.8 Å². The zero-order valence-electron chi connectivity index (χ0n) is 18.0. The van der Waals surface area contributed by atoms with Gasteiger partial charge in [-0.2, -0.15) is 0 Å². The van der Waals surface area contributed by atoms with Crippen molar-refractivity contribution >= 4 is 22.5 Å². The summed E-state index contributed by atoms with van der Waals surface area (Å²) in [5, 5.41) is 19.2. The Labute approximate surface area is 180 Å². The van der Waals surface area contributed by atoms with Gasteiger partial charge in [-0.25, -0.2) is 4.39 Å². The number of likely N-dealkylation sites (N-methyl/N-ethyl adjacent to an activating group) is 1. The largest absolute Gasteiger partial charge is 0.493 e. The van der Waals surface area contributed by atoms with Crippen molar-refractivity contribution in [3.63, 3.8) is 0 Å². The normalized spacial score (nSPS) is 12.7. The van der Waals surface area contributed by atoms with Crippen LogP contribution in [0.2, 0.25) is 0 Å². The van der Waals surface area contributed by atoms with Crippen LogP contribution < -0.4 is 4.74 Å². The number of para-hydroxylation sites is 2. The SMILES string of the molecule is CCN(CC)CCn1c(O)c(N=NC(=O)[C@@H](C)Oc2ccccc2F)c2ccccc21. The van der Waals surface area contributed by atoms with Crippen LogP contribution in [0.5, 0.6) is 11.6 Å². The Hall–Kier alpha value is -3.26. The molecule has 0 aliphatic heterocycles. The molecule has 1 amide bonds. The molecule has 8 heteroatoms. The third-order valence-electron chi connectivity index (χ3n) is 5.19. The number of amides is 1. The highest BCUT2D eigenvalue weighted by Crippen LogP contribution is 2.38. The van der Waals surface area contributed by atoms with Crippen LogP contribution in [-0.2, 0) is 11.3 Å². The Bertz CT molecular complexity index is 1080. The summed E-state index contributed by atoms with van der Waals surface area (Å²) < 4.78 is 20.9. The molecule has 31 heavy (non-hydrogen) atoms. The van der Waals surface area contributed by atoms with Crippen molar-refractivity contribution in [1.82, 2.24) is 9.47 Å². The molecule has 0 unspecified atom stereocenters. The minimum absolute atomic E-state index is 0.0330. The van der Waals surface area contributed by atoms with Gasteiger partial charge >= 0.3 is 5.91 Å². The summed E-state index contributed by atoms with van der Waals surface area (Å²) in [5.41, 5.74) is 1.03. The number of fused-ring (bicyclic) bond motifs is 1. The molecular formula is C23H27FN4O3. The van der Waals surface area contributed by atoms with Crippen LogP contribution >= 0.6 is 0 Å². The molecule has 164 valence electrons. The van der Waals surface area contributed by atoms with Crippen molar-refractivity contribution in [2.75, 3.05) is 19.6 Å². The van der Waals surface area contributed by atoms with E-state index in [1.54, 1.807) is 10.6 Å². The molecule has 3 aromatic rings. The number of ether oxygens (including phenoxy) is 1. The van der Waals surface area contributed by atoms with Gasteiger partial charge in [0.25, 0.3) is 0 Å². The quantitative estimate of drug-likeness (QED) is 0.493. The Balaban J connectivity index is 1.82. The van der Waals surface area contributed by atoms with Gasteiger partial charge in [0.15, 0.2) is 23.4 Å². The first-order valence-corrected chi connectivity index (χ1v) is 10.4. The van der Waals surface area contributed by atoms with Gasteiger partial charge in [0.2, 0.25) is 5.88 Å². The lowest BCUT2D eigenvalue weighted by atomic mass is 10.2. The van der Waals surface area contributed by atoms with E-state index in [-0.39, 0.29) is 17.3 Å². The highest BCUT2D eigenvalue weighted by atomic mass is 19.1. The van der Waals surface area contributed by atoms with Crippen molar-refractivity contribution in [3.05, 3.63) is 54.3 Å². The first-order valence-electron chi connectivity index (χ1n) is 10.4. The number of carbonyl (C=O) groups is 1. The fraction of sp³-hybridized carbons (Fsp3) is 0.348. The first kappa shape index (κ1) is 22.4. The molecule has 1 atom stereocenters. The molecule has 0 spiro atoms. The second kappa shape index (κ2) is 10.2. The summed E-state index contributed by atoms with van der Waals surface area (Å²) >= 11 is 0. The Morgan fingerprint density at radius 3 is 2.55 bits per heavy atom. The summed E-state index contributed by atoms with van der Waals surface area (Å²) in [5.74, 6) is -1.32. The Kier molecular flexibility index (Phi) is 7.36. The monoisotopic (exact) mass is 426 g/mol. The maximum Gasteiger partial charge on any atom is 0.304 e. The predicted octanol–water partition coefficient (Wildman–Crippen LogP) is 4.91. The van der Waals surface area contributed by atoms with E-state index in [9.17, 15) is 14.3 Å². The summed E-state index contributed by atoms with van der Waals surface area (Å²) in [6.07, 6.45) is -1.03. The molecule has 0 saturated heterocycles. The van der Waals surface area contributed by atoms with E-state index in [2.05, 4.69) is 29.0 Å². The fourth-order valence-corrected chi connectivity index (χ4v) is 3.34. The number of nitrogens with zero attached hydrogens (tertiary/aromatic N) is 4. The van der Waals surface area contributed by atoms with Crippen molar-refractivity contribution in [2.45, 2.75) is 33.4 Å². The van der Waals surface area contributed by atoms with Crippen molar-refractivity contribution < 1.29 is 19.0 Å². The van der Waals surface area contributed by atoms with Crippen LogP contribution in [0.4, 0.5) is 10.1 Å². The van der Waals surface area contributed by atoms with Gasteiger partial charge < -0.3 is 19.3 Å². The Morgan fingerprint density at radius 1 is 1.16 bits per heavy atom. The van der Waals surface area contributed by atoms with Crippen LogP contribution in [0.3, 0.4) is 0 Å². The van der Waals surface area contributed by atoms with Crippen LogP contribution in [0, 0.1) is 5.82 Å². The smallest absolute Gasteiger partial charge is 0.304 e. The van der Waals surface area contributed by atoms with E-state index in [0.29, 0.717) is 11.9 Å². The molecule has 0 fully saturated rings. The average Bonchev–Trinajstić information content (AvgIpc) is 3.05. The zero-order valence-corrected chi connectivity index (χ0v) is 18.0. The number of halogens is 1. The van der Waals surface area contributed by atoms with E-state index in [1.807, 2.05) is 24.3 Å². The summed E-state index contributed by atoms with van der Waals surface area (Å²) in [6, 6.07) is 13.3. The van der Waals surface area contributed by atoms with Crippen LogP contribution in [0.1, 0.15) is 20.8 Å². The van der Waals surface area contributed by atoms with E-state index >= 15 is 0 Å². The maximum absolute atomic E-state index is 13.7. The second-order valence-corrected chi connectivity index (χ2v) is 7.10. The molecule has 0 radical (unpaired) electrons. The summed E-state index contributed by atoms with van der Waals surface area (Å²) in [4.78, 5) is 14.6. The van der Waals surface area contributed by atoms with Gasteiger partial charge in [-0.05, 0) is 38.2 Å². The molecular weight excluding hydrogens is 399 g/mol. The molecule has 7 nitrogen and oxygen atoms in total. The molecule has 1 heterocycles. The van der Waals surface area contributed by atoms with Crippen molar-refractivity contribution in [1.29, 1.82) is 0 Å². The van der Waals surface area contributed by atoms with E-state index in [4.69, 9.17) is 4.74 Å². The third kappa shape index (κ3) is 5.08. The number of hydrogen-bond donors (Lipinski definition) is 1. The van der Waals surface area contributed by atoms with Gasteiger partial charge in [-0.3, -0.25) is 4.79 Å². The highest BCUT2D eigenvalue weighted by Gasteiger charge is 2.19. The fourth-order valence-electron chi connectivity index (χ4n) is 3.34. The number of benzene rings is 2. The number of azo groups is 1.